The molecule has 0 amide bonds. The number of hydrogen-bond donors (Lipinski definition) is 1. The summed E-state index contributed by atoms with van der Waals surface area (Å²) in [4.78, 5) is 2.48. The largest absolute Gasteiger partial charge is 0.387 e. The van der Waals surface area contributed by atoms with Gasteiger partial charge in [-0.25, -0.2) is 0 Å². The van der Waals surface area contributed by atoms with Gasteiger partial charge in [-0.1, -0.05) is 89.8 Å². The van der Waals surface area contributed by atoms with E-state index < -0.39 is 6.10 Å². The van der Waals surface area contributed by atoms with Gasteiger partial charge < -0.3 is 10.0 Å². The van der Waals surface area contributed by atoms with E-state index in [-0.39, 0.29) is 0 Å². The summed E-state index contributed by atoms with van der Waals surface area (Å²) >= 11 is 0. The molecule has 2 heteroatoms. The average molecular weight is 434 g/mol. The molecule has 0 spiro atoms. The molecular weight excluding hydrogens is 390 g/mol. The van der Waals surface area contributed by atoms with E-state index in [9.17, 15) is 5.11 Å². The first-order valence-corrected chi connectivity index (χ1v) is 12.8. The molecule has 0 aliphatic carbocycles. The minimum atomic E-state index is -0.452. The van der Waals surface area contributed by atoms with Crippen molar-refractivity contribution >= 4 is 21.5 Å². The summed E-state index contributed by atoms with van der Waals surface area (Å²) in [7, 11) is 0. The number of fused-ring (bicyclic) bond motifs is 3. The van der Waals surface area contributed by atoms with Gasteiger partial charge in [-0.3, -0.25) is 0 Å². The van der Waals surface area contributed by atoms with Crippen LogP contribution in [0.15, 0.2) is 42.5 Å². The molecule has 32 heavy (non-hydrogen) atoms. The summed E-state index contributed by atoms with van der Waals surface area (Å²) in [5.74, 6) is 0.524. The third kappa shape index (κ3) is 6.11. The quantitative estimate of drug-likeness (QED) is 0.230. The van der Waals surface area contributed by atoms with Crippen molar-refractivity contribution in [3.05, 3.63) is 59.2 Å². The molecule has 0 fully saturated rings. The second-order valence-electron chi connectivity index (χ2n) is 9.86. The number of aliphatic hydroxyl groups excluding tert-OH is 1. The van der Waals surface area contributed by atoms with Crippen molar-refractivity contribution in [2.24, 2.45) is 0 Å². The Morgan fingerprint density at radius 3 is 2.03 bits per heavy atom. The van der Waals surface area contributed by atoms with E-state index in [1.165, 1.54) is 71.2 Å². The number of benzene rings is 3. The van der Waals surface area contributed by atoms with Gasteiger partial charge in [-0.15, -0.1) is 0 Å². The first kappa shape index (κ1) is 24.7. The van der Waals surface area contributed by atoms with E-state index in [0.717, 1.165) is 25.2 Å². The molecule has 2 nitrogen and oxygen atoms in total. The average Bonchev–Trinajstić information content (AvgIpc) is 2.78. The highest BCUT2D eigenvalue weighted by atomic mass is 16.3. The first-order valence-electron chi connectivity index (χ1n) is 12.8. The van der Waals surface area contributed by atoms with E-state index in [2.05, 4.69) is 82.0 Å². The van der Waals surface area contributed by atoms with Gasteiger partial charge in [0.25, 0.3) is 0 Å². The molecule has 1 atom stereocenters. The second-order valence-corrected chi connectivity index (χ2v) is 9.86. The van der Waals surface area contributed by atoms with Crippen molar-refractivity contribution in [1.82, 2.24) is 4.90 Å². The Bertz CT molecular complexity index is 997. The fraction of sp³-hybridized carbons (Fsp3) is 0.533. The number of aliphatic hydroxyl groups is 1. The Morgan fingerprint density at radius 1 is 0.750 bits per heavy atom. The van der Waals surface area contributed by atoms with Crippen LogP contribution in [0.3, 0.4) is 0 Å². The van der Waals surface area contributed by atoms with Crippen LogP contribution in [0.25, 0.3) is 21.5 Å². The van der Waals surface area contributed by atoms with Crippen LogP contribution in [0, 0.1) is 6.92 Å². The van der Waals surface area contributed by atoms with Crippen molar-refractivity contribution in [2.75, 3.05) is 19.6 Å². The number of unbranched alkanes of at least 4 members (excludes halogenated alkanes) is 4. The molecule has 3 aromatic carbocycles. The second kappa shape index (κ2) is 11.8. The van der Waals surface area contributed by atoms with Crippen LogP contribution in [0.4, 0.5) is 0 Å². The van der Waals surface area contributed by atoms with E-state index in [0.29, 0.717) is 5.92 Å². The molecule has 0 bridgehead atoms. The highest BCUT2D eigenvalue weighted by Gasteiger charge is 2.16. The van der Waals surface area contributed by atoms with Gasteiger partial charge in [0.15, 0.2) is 0 Å². The van der Waals surface area contributed by atoms with Crippen molar-refractivity contribution in [1.29, 1.82) is 0 Å². The number of hydrogen-bond acceptors (Lipinski definition) is 2. The normalized spacial score (nSPS) is 13.0. The van der Waals surface area contributed by atoms with Crippen LogP contribution in [0.1, 0.15) is 94.9 Å². The number of rotatable bonds is 12. The van der Waals surface area contributed by atoms with E-state index >= 15 is 0 Å². The molecule has 1 unspecified atom stereocenters. The zero-order chi connectivity index (χ0) is 23.1. The highest BCUT2D eigenvalue weighted by molar-refractivity contribution is 6.08. The minimum absolute atomic E-state index is 0.452. The molecule has 0 aromatic heterocycles. The summed E-state index contributed by atoms with van der Waals surface area (Å²) in [5, 5.41) is 16.4. The van der Waals surface area contributed by atoms with E-state index in [1.807, 2.05) is 0 Å². The standard InChI is InChI=1S/C30H43NO/c1-6-8-10-16-31(17-11-9-7-2)21-30(32)26-18-23(5)27-14-13-25-19-24(22(3)4)12-15-28(25)29(27)20-26/h12-15,18-20,22,30,32H,6-11,16-17,21H2,1-5H3. The molecule has 0 aliphatic heterocycles. The first-order chi connectivity index (χ1) is 15.4. The molecule has 1 N–H and O–H groups in total. The van der Waals surface area contributed by atoms with Crippen LogP contribution >= 0.6 is 0 Å². The summed E-state index contributed by atoms with van der Waals surface area (Å²) in [6.45, 7) is 14.1. The Kier molecular flexibility index (Phi) is 9.13. The lowest BCUT2D eigenvalue weighted by molar-refractivity contribution is 0.110. The van der Waals surface area contributed by atoms with Gasteiger partial charge in [-0.05, 0) is 83.1 Å². The van der Waals surface area contributed by atoms with Gasteiger partial charge in [0.1, 0.15) is 0 Å². The third-order valence-electron chi connectivity index (χ3n) is 6.84. The summed E-state index contributed by atoms with van der Waals surface area (Å²) in [5.41, 5.74) is 3.67. The van der Waals surface area contributed by atoms with Gasteiger partial charge in [0.2, 0.25) is 0 Å². The van der Waals surface area contributed by atoms with Crippen LogP contribution in [-0.2, 0) is 0 Å². The molecule has 3 rings (SSSR count). The minimum Gasteiger partial charge on any atom is -0.387 e. The summed E-state index contributed by atoms with van der Waals surface area (Å²) < 4.78 is 0. The lowest BCUT2D eigenvalue weighted by atomic mass is 9.92. The molecule has 3 aromatic rings. The van der Waals surface area contributed by atoms with Crippen molar-refractivity contribution in [2.45, 2.75) is 85.2 Å². The van der Waals surface area contributed by atoms with Gasteiger partial charge in [0.05, 0.1) is 6.10 Å². The molecule has 0 aliphatic rings. The fourth-order valence-electron chi connectivity index (χ4n) is 4.77. The summed E-state index contributed by atoms with van der Waals surface area (Å²) in [6, 6.07) is 15.8. The SMILES string of the molecule is CCCCCN(CCCCC)CC(O)c1cc(C)c2ccc3cc(C(C)C)ccc3c2c1. The Morgan fingerprint density at radius 2 is 1.41 bits per heavy atom. The molecule has 0 heterocycles. The topological polar surface area (TPSA) is 23.5 Å². The van der Waals surface area contributed by atoms with Crippen LogP contribution in [0.2, 0.25) is 0 Å². The highest BCUT2D eigenvalue weighted by Crippen LogP contribution is 2.32. The predicted octanol–water partition coefficient (Wildman–Crippen LogP) is 8.14. The van der Waals surface area contributed by atoms with E-state index in [1.54, 1.807) is 0 Å². The Hall–Kier alpha value is -1.90. The zero-order valence-corrected chi connectivity index (χ0v) is 21.0. The maximum absolute atomic E-state index is 11.2. The lowest BCUT2D eigenvalue weighted by Crippen LogP contribution is -2.31. The lowest BCUT2D eigenvalue weighted by Gasteiger charge is -2.26. The maximum Gasteiger partial charge on any atom is 0.0917 e. The Balaban J connectivity index is 1.89. The zero-order valence-electron chi connectivity index (χ0n) is 21.0. The molecule has 0 saturated carbocycles. The van der Waals surface area contributed by atoms with Gasteiger partial charge >= 0.3 is 0 Å². The summed E-state index contributed by atoms with van der Waals surface area (Å²) in [6.07, 6.45) is 6.98. The maximum atomic E-state index is 11.2. The number of aryl methyl sites for hydroxylation is 1. The van der Waals surface area contributed by atoms with Gasteiger partial charge in [-0.2, -0.15) is 0 Å². The van der Waals surface area contributed by atoms with Crippen molar-refractivity contribution in [3.63, 3.8) is 0 Å². The molecule has 174 valence electrons. The van der Waals surface area contributed by atoms with Crippen LogP contribution in [0.5, 0.6) is 0 Å². The van der Waals surface area contributed by atoms with Crippen molar-refractivity contribution < 1.29 is 5.11 Å². The predicted molar refractivity (Wildman–Crippen MR) is 141 cm³/mol. The van der Waals surface area contributed by atoms with Crippen molar-refractivity contribution in [3.8, 4) is 0 Å². The third-order valence-corrected chi connectivity index (χ3v) is 6.84. The Labute approximate surface area is 195 Å². The monoisotopic (exact) mass is 433 g/mol. The molecular formula is C30H43NO. The fourth-order valence-corrected chi connectivity index (χ4v) is 4.77. The van der Waals surface area contributed by atoms with Crippen LogP contribution < -0.4 is 0 Å². The molecule has 0 radical (unpaired) electrons. The van der Waals surface area contributed by atoms with E-state index in [4.69, 9.17) is 0 Å². The van der Waals surface area contributed by atoms with Gasteiger partial charge in [0, 0.05) is 6.54 Å². The molecule has 0 saturated heterocycles. The number of nitrogens with zero attached hydrogens (tertiary/aromatic N) is 1. The van der Waals surface area contributed by atoms with Crippen LogP contribution in [-0.4, -0.2) is 29.6 Å². The smallest absolute Gasteiger partial charge is 0.0917 e.